The number of hydrogen-bond donors (Lipinski definition) is 0. The first-order chi connectivity index (χ1) is 16.4. The Morgan fingerprint density at radius 1 is 0.941 bits per heavy atom. The van der Waals surface area contributed by atoms with E-state index in [0.29, 0.717) is 13.2 Å². The number of esters is 1. The molecular formula is C27H32O7. The molecule has 2 saturated heterocycles. The standard InChI is InChI=1S/C27H32O7/c1-4-30-22(28)15-16-27(19-29-17-20-11-7-5-8-12-20)24(31-18-21-13-9-6-10-14-21)23-25(34-27)33-26(2,3)32-23/h5-16,23-25H,4,17-19H2,1-3H3/b16-15+/t23-,24+,25+,27-/m1/s1. The van der Waals surface area contributed by atoms with E-state index in [4.69, 9.17) is 28.4 Å². The van der Waals surface area contributed by atoms with Gasteiger partial charge in [0.1, 0.15) is 17.8 Å². The summed E-state index contributed by atoms with van der Waals surface area (Å²) >= 11 is 0. The summed E-state index contributed by atoms with van der Waals surface area (Å²) in [6.45, 7) is 6.58. The Labute approximate surface area is 200 Å². The normalized spacial score (nSPS) is 27.7. The van der Waals surface area contributed by atoms with Gasteiger partial charge < -0.3 is 28.4 Å². The summed E-state index contributed by atoms with van der Waals surface area (Å²) in [4.78, 5) is 12.2. The van der Waals surface area contributed by atoms with Crippen molar-refractivity contribution in [1.82, 2.24) is 0 Å². The summed E-state index contributed by atoms with van der Waals surface area (Å²) in [5.74, 6) is -1.28. The summed E-state index contributed by atoms with van der Waals surface area (Å²) in [6.07, 6.45) is 1.28. The van der Waals surface area contributed by atoms with Crippen molar-refractivity contribution in [3.8, 4) is 0 Å². The lowest BCUT2D eigenvalue weighted by Gasteiger charge is -2.34. The predicted molar refractivity (Wildman–Crippen MR) is 125 cm³/mol. The van der Waals surface area contributed by atoms with Crippen LogP contribution in [0.25, 0.3) is 0 Å². The molecular weight excluding hydrogens is 436 g/mol. The molecule has 34 heavy (non-hydrogen) atoms. The van der Waals surface area contributed by atoms with Crippen LogP contribution in [0.3, 0.4) is 0 Å². The van der Waals surface area contributed by atoms with Gasteiger partial charge in [-0.1, -0.05) is 60.7 Å². The Hall–Kier alpha value is -2.55. The van der Waals surface area contributed by atoms with E-state index in [0.717, 1.165) is 11.1 Å². The minimum atomic E-state index is -1.11. The van der Waals surface area contributed by atoms with Crippen molar-refractivity contribution in [2.24, 2.45) is 0 Å². The van der Waals surface area contributed by atoms with Crippen LogP contribution in [0.2, 0.25) is 0 Å². The average molecular weight is 469 g/mol. The zero-order chi connectivity index (χ0) is 24.0. The first kappa shape index (κ1) is 24.6. The highest BCUT2D eigenvalue weighted by molar-refractivity contribution is 5.82. The minimum absolute atomic E-state index is 0.136. The number of rotatable bonds is 10. The summed E-state index contributed by atoms with van der Waals surface area (Å²) in [5.41, 5.74) is 0.931. The number of ether oxygens (including phenoxy) is 6. The molecule has 0 radical (unpaired) electrons. The molecule has 0 saturated carbocycles. The van der Waals surface area contributed by atoms with E-state index in [2.05, 4.69) is 0 Å². The van der Waals surface area contributed by atoms with Gasteiger partial charge in [-0.05, 0) is 38.0 Å². The average Bonchev–Trinajstić information content (AvgIpc) is 3.26. The highest BCUT2D eigenvalue weighted by Gasteiger charge is 2.62. The Kier molecular flexibility index (Phi) is 7.80. The van der Waals surface area contributed by atoms with E-state index in [9.17, 15) is 4.79 Å². The van der Waals surface area contributed by atoms with Gasteiger partial charge in [-0.3, -0.25) is 0 Å². The summed E-state index contributed by atoms with van der Waals surface area (Å²) in [6, 6.07) is 19.7. The molecule has 2 aromatic rings. The maximum absolute atomic E-state index is 12.2. The second-order valence-corrected chi connectivity index (χ2v) is 8.82. The van der Waals surface area contributed by atoms with E-state index in [1.54, 1.807) is 13.0 Å². The van der Waals surface area contributed by atoms with Crippen LogP contribution in [0.1, 0.15) is 31.9 Å². The maximum Gasteiger partial charge on any atom is 0.330 e. The Balaban J connectivity index is 1.58. The van der Waals surface area contributed by atoms with Gasteiger partial charge in [-0.2, -0.15) is 0 Å². The Bertz CT molecular complexity index is 959. The van der Waals surface area contributed by atoms with Crippen LogP contribution in [-0.2, 0) is 46.4 Å². The van der Waals surface area contributed by atoms with E-state index >= 15 is 0 Å². The molecule has 4 rings (SSSR count). The molecule has 0 amide bonds. The fraction of sp³-hybridized carbons (Fsp3) is 0.444. The highest BCUT2D eigenvalue weighted by Crippen LogP contribution is 2.45. The third-order valence-corrected chi connectivity index (χ3v) is 5.70. The molecule has 2 aliphatic heterocycles. The zero-order valence-corrected chi connectivity index (χ0v) is 19.8. The van der Waals surface area contributed by atoms with Gasteiger partial charge >= 0.3 is 5.97 Å². The molecule has 0 unspecified atom stereocenters. The third kappa shape index (κ3) is 5.92. The van der Waals surface area contributed by atoms with Gasteiger partial charge in [-0.25, -0.2) is 4.79 Å². The SMILES string of the molecule is CCOC(=O)/C=C/[C@]1(COCc2ccccc2)O[C@@H]2OC(C)(C)O[C@@H]2[C@@H]1OCc1ccccc1. The molecule has 2 aliphatic rings. The van der Waals surface area contributed by atoms with Gasteiger partial charge in [0.25, 0.3) is 0 Å². The minimum Gasteiger partial charge on any atom is -0.463 e. The summed E-state index contributed by atoms with van der Waals surface area (Å²) < 4.78 is 36.1. The van der Waals surface area contributed by atoms with Gasteiger partial charge in [0.15, 0.2) is 12.1 Å². The van der Waals surface area contributed by atoms with Gasteiger partial charge in [0.2, 0.25) is 0 Å². The molecule has 2 heterocycles. The molecule has 0 bridgehead atoms. The number of hydrogen-bond acceptors (Lipinski definition) is 7. The van der Waals surface area contributed by atoms with Crippen molar-refractivity contribution in [1.29, 1.82) is 0 Å². The van der Waals surface area contributed by atoms with Gasteiger partial charge in [0, 0.05) is 6.08 Å². The molecule has 7 heteroatoms. The van der Waals surface area contributed by atoms with Crippen molar-refractivity contribution in [3.05, 3.63) is 83.9 Å². The lowest BCUT2D eigenvalue weighted by molar-refractivity contribution is -0.243. The molecule has 2 fully saturated rings. The highest BCUT2D eigenvalue weighted by atomic mass is 16.8. The lowest BCUT2D eigenvalue weighted by Crippen LogP contribution is -2.48. The van der Waals surface area contributed by atoms with Crippen LogP contribution in [-0.4, -0.2) is 49.1 Å². The van der Waals surface area contributed by atoms with Crippen LogP contribution in [0.4, 0.5) is 0 Å². The fourth-order valence-electron chi connectivity index (χ4n) is 4.21. The summed E-state index contributed by atoms with van der Waals surface area (Å²) in [5, 5.41) is 0. The van der Waals surface area contributed by atoms with E-state index in [1.807, 2.05) is 74.5 Å². The van der Waals surface area contributed by atoms with Crippen molar-refractivity contribution >= 4 is 5.97 Å². The molecule has 182 valence electrons. The Morgan fingerprint density at radius 3 is 2.24 bits per heavy atom. The van der Waals surface area contributed by atoms with Crippen molar-refractivity contribution in [2.75, 3.05) is 13.2 Å². The smallest absolute Gasteiger partial charge is 0.330 e. The maximum atomic E-state index is 12.2. The number of carbonyl (C=O) groups is 1. The van der Waals surface area contributed by atoms with Gasteiger partial charge in [-0.15, -0.1) is 0 Å². The van der Waals surface area contributed by atoms with Gasteiger partial charge in [0.05, 0.1) is 26.4 Å². The molecule has 2 aromatic carbocycles. The first-order valence-electron chi connectivity index (χ1n) is 11.6. The lowest BCUT2D eigenvalue weighted by atomic mass is 9.94. The number of carbonyl (C=O) groups excluding carboxylic acids is 1. The monoisotopic (exact) mass is 468 g/mol. The summed E-state index contributed by atoms with van der Waals surface area (Å²) in [7, 11) is 0. The van der Waals surface area contributed by atoms with Crippen LogP contribution in [0.5, 0.6) is 0 Å². The van der Waals surface area contributed by atoms with Crippen molar-refractivity contribution < 1.29 is 33.2 Å². The van der Waals surface area contributed by atoms with Crippen LogP contribution in [0.15, 0.2) is 72.8 Å². The van der Waals surface area contributed by atoms with E-state index < -0.39 is 35.9 Å². The molecule has 0 aliphatic carbocycles. The second kappa shape index (κ2) is 10.8. The molecule has 7 nitrogen and oxygen atoms in total. The topological polar surface area (TPSA) is 72.5 Å². The van der Waals surface area contributed by atoms with Crippen LogP contribution < -0.4 is 0 Å². The quantitative estimate of drug-likeness (QED) is 0.383. The first-order valence-corrected chi connectivity index (χ1v) is 11.6. The number of fused-ring (bicyclic) bond motifs is 1. The second-order valence-electron chi connectivity index (χ2n) is 8.82. The molecule has 0 N–H and O–H groups in total. The fourth-order valence-corrected chi connectivity index (χ4v) is 4.21. The van der Waals surface area contributed by atoms with Crippen LogP contribution >= 0.6 is 0 Å². The predicted octanol–water partition coefficient (Wildman–Crippen LogP) is 4.15. The Morgan fingerprint density at radius 2 is 1.59 bits per heavy atom. The molecule has 0 aromatic heterocycles. The molecule has 0 spiro atoms. The third-order valence-electron chi connectivity index (χ3n) is 5.70. The van der Waals surface area contributed by atoms with E-state index in [-0.39, 0.29) is 13.2 Å². The van der Waals surface area contributed by atoms with Crippen molar-refractivity contribution in [2.45, 2.75) is 63.9 Å². The van der Waals surface area contributed by atoms with E-state index in [1.165, 1.54) is 6.08 Å². The van der Waals surface area contributed by atoms with Crippen molar-refractivity contribution in [3.63, 3.8) is 0 Å². The largest absolute Gasteiger partial charge is 0.463 e. The van der Waals surface area contributed by atoms with Crippen LogP contribution in [0, 0.1) is 0 Å². The molecule has 4 atom stereocenters. The zero-order valence-electron chi connectivity index (χ0n) is 19.8. The number of benzene rings is 2.